The number of H-pyrrole nitrogens is 1. The van der Waals surface area contributed by atoms with Gasteiger partial charge in [-0.05, 0) is 6.92 Å². The molecule has 1 amide bonds. The van der Waals surface area contributed by atoms with Crippen LogP contribution in [0.2, 0.25) is 0 Å². The normalized spacial score (nSPS) is 12.6. The SMILES string of the molecule is CCN(CC(F)(F)F)C(=O)c1n[nH]c(C(C)(C)C)n1. The summed E-state index contributed by atoms with van der Waals surface area (Å²) in [6, 6.07) is 0. The van der Waals surface area contributed by atoms with E-state index in [9.17, 15) is 18.0 Å². The fourth-order valence-electron chi connectivity index (χ4n) is 1.38. The van der Waals surface area contributed by atoms with Gasteiger partial charge in [0.2, 0.25) is 5.82 Å². The Balaban J connectivity index is 2.90. The van der Waals surface area contributed by atoms with Crippen LogP contribution in [0.25, 0.3) is 0 Å². The molecule has 1 heterocycles. The number of aromatic nitrogens is 3. The lowest BCUT2D eigenvalue weighted by atomic mass is 9.96. The van der Waals surface area contributed by atoms with Crippen LogP contribution < -0.4 is 0 Å². The predicted octanol–water partition coefficient (Wildman–Crippen LogP) is 2.13. The lowest BCUT2D eigenvalue weighted by molar-refractivity contribution is -0.140. The molecule has 1 aromatic rings. The van der Waals surface area contributed by atoms with E-state index in [1.165, 1.54) is 6.92 Å². The molecule has 1 aromatic heterocycles. The maximum Gasteiger partial charge on any atom is 0.406 e. The lowest BCUT2D eigenvalue weighted by Crippen LogP contribution is -2.39. The Bertz CT molecular complexity index is 448. The number of alkyl halides is 3. The number of carbonyl (C=O) groups is 1. The van der Waals surface area contributed by atoms with E-state index in [1.54, 1.807) is 0 Å². The Hall–Kier alpha value is -1.60. The van der Waals surface area contributed by atoms with Crippen LogP contribution >= 0.6 is 0 Å². The van der Waals surface area contributed by atoms with E-state index in [4.69, 9.17) is 0 Å². The molecule has 0 aliphatic carbocycles. The van der Waals surface area contributed by atoms with Gasteiger partial charge in [-0.15, -0.1) is 5.10 Å². The Kier molecular flexibility index (Phi) is 4.21. The van der Waals surface area contributed by atoms with E-state index in [0.29, 0.717) is 10.7 Å². The Morgan fingerprint density at radius 3 is 2.26 bits per heavy atom. The number of aromatic amines is 1. The van der Waals surface area contributed by atoms with Crippen LogP contribution in [0, 0.1) is 0 Å². The van der Waals surface area contributed by atoms with Gasteiger partial charge < -0.3 is 4.90 Å². The Morgan fingerprint density at radius 1 is 1.32 bits per heavy atom. The third-order valence-corrected chi connectivity index (χ3v) is 2.43. The minimum Gasteiger partial charge on any atom is -0.327 e. The maximum absolute atomic E-state index is 12.3. The molecule has 0 saturated heterocycles. The summed E-state index contributed by atoms with van der Waals surface area (Å²) < 4.78 is 37.0. The van der Waals surface area contributed by atoms with Crippen LogP contribution in [0.15, 0.2) is 0 Å². The smallest absolute Gasteiger partial charge is 0.327 e. The third-order valence-electron chi connectivity index (χ3n) is 2.43. The van der Waals surface area contributed by atoms with Crippen molar-refractivity contribution in [2.24, 2.45) is 0 Å². The summed E-state index contributed by atoms with van der Waals surface area (Å²) in [5.41, 5.74) is -0.355. The molecule has 108 valence electrons. The van der Waals surface area contributed by atoms with Crippen molar-refractivity contribution in [1.82, 2.24) is 20.1 Å². The fraction of sp³-hybridized carbons (Fsp3) is 0.727. The van der Waals surface area contributed by atoms with Crippen LogP contribution in [-0.2, 0) is 5.41 Å². The molecule has 0 atom stereocenters. The lowest BCUT2D eigenvalue weighted by Gasteiger charge is -2.20. The van der Waals surface area contributed by atoms with Gasteiger partial charge in [-0.3, -0.25) is 9.89 Å². The molecule has 0 aromatic carbocycles. The molecule has 1 rings (SSSR count). The summed E-state index contributed by atoms with van der Waals surface area (Å²) in [4.78, 5) is 16.5. The number of halogens is 3. The summed E-state index contributed by atoms with van der Waals surface area (Å²) in [5, 5.41) is 6.27. The highest BCUT2D eigenvalue weighted by atomic mass is 19.4. The quantitative estimate of drug-likeness (QED) is 0.921. The first kappa shape index (κ1) is 15.5. The molecule has 5 nitrogen and oxygen atoms in total. The summed E-state index contributed by atoms with van der Waals surface area (Å²) in [7, 11) is 0. The van der Waals surface area contributed by atoms with Crippen molar-refractivity contribution in [2.45, 2.75) is 39.3 Å². The van der Waals surface area contributed by atoms with Gasteiger partial charge in [0.1, 0.15) is 12.4 Å². The summed E-state index contributed by atoms with van der Waals surface area (Å²) in [6.45, 7) is 5.68. The minimum absolute atomic E-state index is 0.0578. The fourth-order valence-corrected chi connectivity index (χ4v) is 1.38. The van der Waals surface area contributed by atoms with Crippen LogP contribution in [0.1, 0.15) is 44.1 Å². The van der Waals surface area contributed by atoms with Gasteiger partial charge in [-0.25, -0.2) is 4.98 Å². The second kappa shape index (κ2) is 5.18. The Morgan fingerprint density at radius 2 is 1.89 bits per heavy atom. The van der Waals surface area contributed by atoms with Gasteiger partial charge in [0, 0.05) is 12.0 Å². The van der Waals surface area contributed by atoms with E-state index < -0.39 is 18.6 Å². The van der Waals surface area contributed by atoms with Crippen molar-refractivity contribution in [3.63, 3.8) is 0 Å². The van der Waals surface area contributed by atoms with E-state index in [1.807, 2.05) is 20.8 Å². The number of nitrogens with zero attached hydrogens (tertiary/aromatic N) is 3. The first-order valence-electron chi connectivity index (χ1n) is 5.83. The number of hydrogen-bond acceptors (Lipinski definition) is 3. The van der Waals surface area contributed by atoms with Crippen molar-refractivity contribution < 1.29 is 18.0 Å². The standard InChI is InChI=1S/C11H17F3N4O/c1-5-18(6-11(12,13)14)8(19)7-15-9(17-16-7)10(2,3)4/h5-6H2,1-4H3,(H,15,16,17). The van der Waals surface area contributed by atoms with Crippen molar-refractivity contribution in [3.8, 4) is 0 Å². The molecule has 0 aliphatic heterocycles. The molecule has 0 unspecified atom stereocenters. The number of hydrogen-bond donors (Lipinski definition) is 1. The van der Waals surface area contributed by atoms with Crippen LogP contribution in [-0.4, -0.2) is 45.3 Å². The van der Waals surface area contributed by atoms with Crippen molar-refractivity contribution in [1.29, 1.82) is 0 Å². The molecule has 19 heavy (non-hydrogen) atoms. The Labute approximate surface area is 109 Å². The highest BCUT2D eigenvalue weighted by Crippen LogP contribution is 2.19. The highest BCUT2D eigenvalue weighted by molar-refractivity contribution is 5.90. The molecule has 1 N–H and O–H groups in total. The maximum atomic E-state index is 12.3. The highest BCUT2D eigenvalue weighted by Gasteiger charge is 2.34. The van der Waals surface area contributed by atoms with Gasteiger partial charge in [-0.2, -0.15) is 13.2 Å². The number of rotatable bonds is 3. The van der Waals surface area contributed by atoms with E-state index in [2.05, 4.69) is 15.2 Å². The zero-order valence-corrected chi connectivity index (χ0v) is 11.3. The topological polar surface area (TPSA) is 61.9 Å². The van der Waals surface area contributed by atoms with Gasteiger partial charge in [0.15, 0.2) is 0 Å². The van der Waals surface area contributed by atoms with Crippen molar-refractivity contribution >= 4 is 5.91 Å². The molecule has 0 bridgehead atoms. The zero-order chi connectivity index (χ0) is 14.8. The molecule has 0 fully saturated rings. The monoisotopic (exact) mass is 278 g/mol. The van der Waals surface area contributed by atoms with Gasteiger partial charge >= 0.3 is 6.18 Å². The molecule has 0 aliphatic rings. The van der Waals surface area contributed by atoms with Crippen LogP contribution in [0.4, 0.5) is 13.2 Å². The molecule has 0 radical (unpaired) electrons. The molecule has 0 saturated carbocycles. The van der Waals surface area contributed by atoms with Crippen molar-refractivity contribution in [2.75, 3.05) is 13.1 Å². The number of nitrogens with one attached hydrogen (secondary N) is 1. The summed E-state index contributed by atoms with van der Waals surface area (Å²) in [5.74, 6) is -0.610. The number of carbonyl (C=O) groups excluding carboxylic acids is 1. The van der Waals surface area contributed by atoms with E-state index >= 15 is 0 Å². The van der Waals surface area contributed by atoms with Gasteiger partial charge in [-0.1, -0.05) is 20.8 Å². The van der Waals surface area contributed by atoms with Crippen LogP contribution in [0.3, 0.4) is 0 Å². The van der Waals surface area contributed by atoms with E-state index in [-0.39, 0.29) is 17.8 Å². The number of amides is 1. The predicted molar refractivity (Wildman–Crippen MR) is 62.7 cm³/mol. The van der Waals surface area contributed by atoms with Gasteiger partial charge in [0.05, 0.1) is 0 Å². The van der Waals surface area contributed by atoms with Crippen LogP contribution in [0.5, 0.6) is 0 Å². The third kappa shape index (κ3) is 4.22. The second-order valence-corrected chi connectivity index (χ2v) is 5.19. The van der Waals surface area contributed by atoms with E-state index in [0.717, 1.165) is 0 Å². The molecular formula is C11H17F3N4O. The summed E-state index contributed by atoms with van der Waals surface area (Å²) in [6.07, 6.45) is -4.44. The van der Waals surface area contributed by atoms with Crippen molar-refractivity contribution in [3.05, 3.63) is 11.6 Å². The van der Waals surface area contributed by atoms with Gasteiger partial charge in [0.25, 0.3) is 5.91 Å². The molecule has 0 spiro atoms. The average molecular weight is 278 g/mol. The summed E-state index contributed by atoms with van der Waals surface area (Å²) >= 11 is 0. The minimum atomic E-state index is -4.44. The first-order valence-corrected chi connectivity index (χ1v) is 5.83. The first-order chi connectivity index (χ1) is 8.54. The average Bonchev–Trinajstić information content (AvgIpc) is 2.72. The zero-order valence-electron chi connectivity index (χ0n) is 11.3. The molecule has 8 heteroatoms. The largest absolute Gasteiger partial charge is 0.406 e. The second-order valence-electron chi connectivity index (χ2n) is 5.19. The molecular weight excluding hydrogens is 261 g/mol.